The van der Waals surface area contributed by atoms with Gasteiger partial charge in [-0.25, -0.2) is 0 Å². The predicted octanol–water partition coefficient (Wildman–Crippen LogP) is 3.67. The van der Waals surface area contributed by atoms with Crippen molar-refractivity contribution in [3.8, 4) is 11.3 Å². The molecule has 2 aromatic rings. The monoisotopic (exact) mass is 232 g/mol. The van der Waals surface area contributed by atoms with E-state index >= 15 is 0 Å². The van der Waals surface area contributed by atoms with E-state index < -0.39 is 0 Å². The van der Waals surface area contributed by atoms with Crippen molar-refractivity contribution in [1.29, 1.82) is 0 Å². The van der Waals surface area contributed by atoms with Crippen LogP contribution in [0.5, 0.6) is 0 Å². The Kier molecular flexibility index (Phi) is 3.20. The maximum Gasteiger partial charge on any atom is 0.152 e. The highest BCUT2D eigenvalue weighted by molar-refractivity contribution is 6.29. The molecule has 1 aromatic carbocycles. The second-order valence-electron chi connectivity index (χ2n) is 3.75. The molecule has 0 bridgehead atoms. The maximum absolute atomic E-state index is 5.78. The molecule has 0 spiro atoms. The van der Waals surface area contributed by atoms with Crippen molar-refractivity contribution in [1.82, 2.24) is 10.2 Å². The first-order valence-electron chi connectivity index (χ1n) is 5.30. The average molecular weight is 233 g/mol. The van der Waals surface area contributed by atoms with Gasteiger partial charge in [0.1, 0.15) is 0 Å². The Bertz CT molecular complexity index is 492. The lowest BCUT2D eigenvalue weighted by Gasteiger charge is -2.05. The van der Waals surface area contributed by atoms with Crippen LogP contribution in [0.2, 0.25) is 5.15 Å². The molecule has 82 valence electrons. The summed E-state index contributed by atoms with van der Waals surface area (Å²) in [7, 11) is 0. The number of hydrogen-bond donors (Lipinski definition) is 0. The second-order valence-corrected chi connectivity index (χ2v) is 4.14. The molecule has 0 unspecified atom stereocenters. The van der Waals surface area contributed by atoms with Crippen LogP contribution in [0.4, 0.5) is 0 Å². The molecule has 2 rings (SSSR count). The smallest absolute Gasteiger partial charge is 0.149 e. The lowest BCUT2D eigenvalue weighted by atomic mass is 10.0. The van der Waals surface area contributed by atoms with Crippen LogP contribution in [-0.2, 0) is 6.42 Å². The van der Waals surface area contributed by atoms with E-state index in [1.54, 1.807) is 0 Å². The van der Waals surface area contributed by atoms with Crippen molar-refractivity contribution in [2.24, 2.45) is 0 Å². The molecule has 0 atom stereocenters. The Morgan fingerprint density at radius 1 is 1.12 bits per heavy atom. The van der Waals surface area contributed by atoms with Crippen LogP contribution in [0.25, 0.3) is 11.3 Å². The molecule has 0 fully saturated rings. The third kappa shape index (κ3) is 2.22. The van der Waals surface area contributed by atoms with Gasteiger partial charge in [0.25, 0.3) is 0 Å². The standard InChI is InChI=1S/C13H13ClN2/c1-3-10-4-6-11(7-5-10)13-9(2)8-12(14)15-16-13/h4-8H,3H2,1-2H3. The van der Waals surface area contributed by atoms with Gasteiger partial charge in [-0.1, -0.05) is 42.8 Å². The highest BCUT2D eigenvalue weighted by Crippen LogP contribution is 2.22. The summed E-state index contributed by atoms with van der Waals surface area (Å²) in [6.45, 7) is 4.13. The number of aromatic nitrogens is 2. The highest BCUT2D eigenvalue weighted by Gasteiger charge is 2.05. The number of rotatable bonds is 2. The van der Waals surface area contributed by atoms with Crippen molar-refractivity contribution in [2.75, 3.05) is 0 Å². The summed E-state index contributed by atoms with van der Waals surface area (Å²) in [4.78, 5) is 0. The molecule has 0 amide bonds. The average Bonchev–Trinajstić information content (AvgIpc) is 2.29. The molecule has 3 heteroatoms. The van der Waals surface area contributed by atoms with Gasteiger partial charge < -0.3 is 0 Å². The molecule has 0 saturated heterocycles. The number of hydrogen-bond acceptors (Lipinski definition) is 2. The third-order valence-corrected chi connectivity index (χ3v) is 2.77. The lowest BCUT2D eigenvalue weighted by molar-refractivity contribution is 1.02. The minimum Gasteiger partial charge on any atom is -0.149 e. The summed E-state index contributed by atoms with van der Waals surface area (Å²) in [6.07, 6.45) is 1.05. The number of halogens is 1. The molecule has 0 N–H and O–H groups in total. The van der Waals surface area contributed by atoms with Crippen LogP contribution < -0.4 is 0 Å². The number of benzene rings is 1. The minimum absolute atomic E-state index is 0.437. The molecule has 1 aromatic heterocycles. The summed E-state index contributed by atoms with van der Waals surface area (Å²) in [5, 5.41) is 8.43. The van der Waals surface area contributed by atoms with E-state index in [0.717, 1.165) is 23.2 Å². The van der Waals surface area contributed by atoms with E-state index in [-0.39, 0.29) is 0 Å². The fourth-order valence-corrected chi connectivity index (χ4v) is 1.84. The summed E-state index contributed by atoms with van der Waals surface area (Å²) in [5.74, 6) is 0. The first-order valence-corrected chi connectivity index (χ1v) is 5.67. The van der Waals surface area contributed by atoms with E-state index in [2.05, 4.69) is 41.4 Å². The molecule has 16 heavy (non-hydrogen) atoms. The summed E-state index contributed by atoms with van der Waals surface area (Å²) < 4.78 is 0. The van der Waals surface area contributed by atoms with Crippen LogP contribution in [0.3, 0.4) is 0 Å². The zero-order chi connectivity index (χ0) is 11.5. The van der Waals surface area contributed by atoms with Gasteiger partial charge in [0.2, 0.25) is 0 Å². The largest absolute Gasteiger partial charge is 0.152 e. The number of nitrogens with zero attached hydrogens (tertiary/aromatic N) is 2. The van der Waals surface area contributed by atoms with Crippen molar-refractivity contribution < 1.29 is 0 Å². The molecular weight excluding hydrogens is 220 g/mol. The minimum atomic E-state index is 0.437. The highest BCUT2D eigenvalue weighted by atomic mass is 35.5. The fourth-order valence-electron chi connectivity index (χ4n) is 1.64. The summed E-state index contributed by atoms with van der Waals surface area (Å²) >= 11 is 5.78. The molecular formula is C13H13ClN2. The van der Waals surface area contributed by atoms with Crippen molar-refractivity contribution in [2.45, 2.75) is 20.3 Å². The zero-order valence-corrected chi connectivity index (χ0v) is 10.1. The Morgan fingerprint density at radius 2 is 1.81 bits per heavy atom. The molecule has 0 aliphatic carbocycles. The third-order valence-electron chi connectivity index (χ3n) is 2.59. The van der Waals surface area contributed by atoms with Crippen molar-refractivity contribution >= 4 is 11.6 Å². The Hall–Kier alpha value is -1.41. The van der Waals surface area contributed by atoms with E-state index in [9.17, 15) is 0 Å². The number of aryl methyl sites for hydroxylation is 2. The Morgan fingerprint density at radius 3 is 2.38 bits per heavy atom. The first kappa shape index (κ1) is 11.1. The van der Waals surface area contributed by atoms with Gasteiger partial charge in [-0.2, -0.15) is 0 Å². The zero-order valence-electron chi connectivity index (χ0n) is 9.37. The quantitative estimate of drug-likeness (QED) is 0.790. The topological polar surface area (TPSA) is 25.8 Å². The Balaban J connectivity index is 2.42. The van der Waals surface area contributed by atoms with E-state index in [4.69, 9.17) is 11.6 Å². The van der Waals surface area contributed by atoms with Crippen LogP contribution >= 0.6 is 11.6 Å². The van der Waals surface area contributed by atoms with E-state index in [0.29, 0.717) is 5.15 Å². The fraction of sp³-hybridized carbons (Fsp3) is 0.231. The van der Waals surface area contributed by atoms with Gasteiger partial charge in [-0.05, 0) is 30.5 Å². The molecule has 1 heterocycles. The van der Waals surface area contributed by atoms with Gasteiger partial charge in [0, 0.05) is 5.56 Å². The van der Waals surface area contributed by atoms with Crippen LogP contribution in [0, 0.1) is 6.92 Å². The van der Waals surface area contributed by atoms with E-state index in [1.807, 2.05) is 13.0 Å². The van der Waals surface area contributed by atoms with Gasteiger partial charge in [0.15, 0.2) is 5.15 Å². The van der Waals surface area contributed by atoms with E-state index in [1.165, 1.54) is 5.56 Å². The molecule has 0 radical (unpaired) electrons. The van der Waals surface area contributed by atoms with Gasteiger partial charge in [0.05, 0.1) is 5.69 Å². The van der Waals surface area contributed by atoms with Crippen molar-refractivity contribution in [3.05, 3.63) is 46.6 Å². The van der Waals surface area contributed by atoms with Crippen LogP contribution in [0.1, 0.15) is 18.1 Å². The Labute approximate surface area is 100 Å². The molecule has 0 aliphatic rings. The van der Waals surface area contributed by atoms with Crippen LogP contribution in [-0.4, -0.2) is 10.2 Å². The molecule has 2 nitrogen and oxygen atoms in total. The van der Waals surface area contributed by atoms with Crippen molar-refractivity contribution in [3.63, 3.8) is 0 Å². The summed E-state index contributed by atoms with van der Waals surface area (Å²) in [5.41, 5.74) is 4.35. The molecule has 0 saturated carbocycles. The van der Waals surface area contributed by atoms with Gasteiger partial charge in [-0.15, -0.1) is 10.2 Å². The SMILES string of the molecule is CCc1ccc(-c2nnc(Cl)cc2C)cc1. The molecule has 0 aliphatic heterocycles. The second kappa shape index (κ2) is 4.62. The van der Waals surface area contributed by atoms with Gasteiger partial charge in [-0.3, -0.25) is 0 Å². The van der Waals surface area contributed by atoms with Crippen LogP contribution in [0.15, 0.2) is 30.3 Å². The summed E-state index contributed by atoms with van der Waals surface area (Å²) in [6, 6.07) is 10.2. The van der Waals surface area contributed by atoms with Gasteiger partial charge >= 0.3 is 0 Å². The maximum atomic E-state index is 5.78. The normalized spacial score (nSPS) is 10.4. The lowest BCUT2D eigenvalue weighted by Crippen LogP contribution is -1.92. The first-order chi connectivity index (χ1) is 7.70. The predicted molar refractivity (Wildman–Crippen MR) is 66.6 cm³/mol.